The molecular weight excluding hydrogens is 160 g/mol. The molecule has 0 bridgehead atoms. The molecule has 0 unspecified atom stereocenters. The van der Waals surface area contributed by atoms with Gasteiger partial charge in [-0.2, -0.15) is 5.26 Å². The fourth-order valence-electron chi connectivity index (χ4n) is 0.632. The van der Waals surface area contributed by atoms with Crippen molar-refractivity contribution in [2.75, 3.05) is 5.73 Å². The number of anilines is 1. The van der Waals surface area contributed by atoms with Crippen LogP contribution in [0.4, 0.5) is 5.69 Å². The molecule has 2 nitrogen and oxygen atoms in total. The molecule has 13 heavy (non-hydrogen) atoms. The maximum atomic E-state index is 7.51. The minimum atomic E-state index is 0.792. The summed E-state index contributed by atoms with van der Waals surface area (Å²) >= 11 is 0. The molecule has 1 aromatic rings. The van der Waals surface area contributed by atoms with Crippen LogP contribution in [0.3, 0.4) is 0 Å². The van der Waals surface area contributed by atoms with E-state index in [4.69, 9.17) is 11.0 Å². The molecule has 0 atom stereocenters. The molecule has 2 N–H and O–H groups in total. The van der Waals surface area contributed by atoms with Crippen molar-refractivity contribution in [3.8, 4) is 6.07 Å². The molecule has 0 aliphatic heterocycles. The summed E-state index contributed by atoms with van der Waals surface area (Å²) in [6, 6.07) is 9.28. The van der Waals surface area contributed by atoms with Gasteiger partial charge in [-0.05, 0) is 17.7 Å². The molecule has 0 aliphatic rings. The van der Waals surface area contributed by atoms with Crippen molar-refractivity contribution in [3.05, 3.63) is 49.1 Å². The van der Waals surface area contributed by atoms with Crippen molar-refractivity contribution >= 4 is 11.8 Å². The van der Waals surface area contributed by atoms with Gasteiger partial charge in [0.2, 0.25) is 0 Å². The van der Waals surface area contributed by atoms with Crippen molar-refractivity contribution in [2.45, 2.75) is 0 Å². The average molecular weight is 172 g/mol. The van der Waals surface area contributed by atoms with Crippen molar-refractivity contribution < 1.29 is 0 Å². The molecule has 0 heterocycles. The van der Waals surface area contributed by atoms with E-state index in [2.05, 4.69) is 13.2 Å². The summed E-state index contributed by atoms with van der Waals surface area (Å²) in [6.07, 6.45) is 2.97. The van der Waals surface area contributed by atoms with E-state index in [1.165, 1.54) is 6.08 Å². The van der Waals surface area contributed by atoms with Gasteiger partial charge in [-0.3, -0.25) is 0 Å². The summed E-state index contributed by atoms with van der Waals surface area (Å²) in [6.45, 7) is 6.74. The summed E-state index contributed by atoms with van der Waals surface area (Å²) in [5.74, 6) is 0. The highest BCUT2D eigenvalue weighted by atomic mass is 14.5. The van der Waals surface area contributed by atoms with E-state index in [1.807, 2.05) is 24.3 Å². The Morgan fingerprint density at radius 2 is 1.69 bits per heavy atom. The number of nitriles is 1. The van der Waals surface area contributed by atoms with Crippen LogP contribution in [0, 0.1) is 11.3 Å². The van der Waals surface area contributed by atoms with Gasteiger partial charge < -0.3 is 5.73 Å². The van der Waals surface area contributed by atoms with Gasteiger partial charge in [0.1, 0.15) is 0 Å². The van der Waals surface area contributed by atoms with Gasteiger partial charge in [0.25, 0.3) is 0 Å². The summed E-state index contributed by atoms with van der Waals surface area (Å²) in [5.41, 5.74) is 7.34. The lowest BCUT2D eigenvalue weighted by atomic mass is 10.2. The van der Waals surface area contributed by atoms with Gasteiger partial charge in [-0.1, -0.05) is 31.4 Å². The fourth-order valence-corrected chi connectivity index (χ4v) is 0.632. The topological polar surface area (TPSA) is 49.8 Å². The summed E-state index contributed by atoms with van der Waals surface area (Å²) in [7, 11) is 0. The zero-order chi connectivity index (χ0) is 10.1. The minimum absolute atomic E-state index is 0.792. The highest BCUT2D eigenvalue weighted by molar-refractivity contribution is 5.51. The standard InChI is InChI=1S/C8H9N.C3H3N/c1-2-7-3-5-8(9)6-4-7;1-2-3-4/h2-6H,1,9H2;2H,1H2. The van der Waals surface area contributed by atoms with Crippen LogP contribution in [0.1, 0.15) is 5.56 Å². The summed E-state index contributed by atoms with van der Waals surface area (Å²) in [5, 5.41) is 7.51. The quantitative estimate of drug-likeness (QED) is 0.523. The van der Waals surface area contributed by atoms with Crippen molar-refractivity contribution in [1.29, 1.82) is 5.26 Å². The Labute approximate surface area is 78.6 Å². The number of hydrogen-bond donors (Lipinski definition) is 1. The van der Waals surface area contributed by atoms with E-state index in [-0.39, 0.29) is 0 Å². The maximum absolute atomic E-state index is 7.51. The predicted octanol–water partition coefficient (Wildman–Crippen LogP) is 2.61. The number of hydrogen-bond acceptors (Lipinski definition) is 2. The van der Waals surface area contributed by atoms with E-state index in [0.29, 0.717) is 0 Å². The lowest BCUT2D eigenvalue weighted by molar-refractivity contribution is 1.54. The minimum Gasteiger partial charge on any atom is -0.399 e. The third-order valence-electron chi connectivity index (χ3n) is 1.26. The normalized spacial score (nSPS) is 7.31. The Morgan fingerprint density at radius 1 is 1.23 bits per heavy atom. The van der Waals surface area contributed by atoms with E-state index >= 15 is 0 Å². The maximum Gasteiger partial charge on any atom is 0.0905 e. The Bertz CT molecular complexity index is 304. The average Bonchev–Trinajstić information content (AvgIpc) is 2.19. The lowest BCUT2D eigenvalue weighted by Crippen LogP contribution is -1.81. The number of nitrogen functional groups attached to an aromatic ring is 1. The van der Waals surface area contributed by atoms with Gasteiger partial charge in [0.15, 0.2) is 0 Å². The van der Waals surface area contributed by atoms with E-state index < -0.39 is 0 Å². The van der Waals surface area contributed by atoms with Crippen LogP contribution in [-0.4, -0.2) is 0 Å². The molecule has 0 aliphatic carbocycles. The van der Waals surface area contributed by atoms with Gasteiger partial charge in [0.05, 0.1) is 6.07 Å². The Balaban J connectivity index is 0.000000310. The lowest BCUT2D eigenvalue weighted by Gasteiger charge is -1.91. The van der Waals surface area contributed by atoms with Gasteiger partial charge in [0, 0.05) is 11.8 Å². The molecule has 1 aromatic carbocycles. The van der Waals surface area contributed by atoms with E-state index in [9.17, 15) is 0 Å². The first-order valence-corrected chi connectivity index (χ1v) is 3.73. The molecule has 0 fully saturated rings. The van der Waals surface area contributed by atoms with Crippen LogP contribution in [-0.2, 0) is 0 Å². The fraction of sp³-hybridized carbons (Fsp3) is 0. The Kier molecular flexibility index (Phi) is 5.65. The van der Waals surface area contributed by atoms with Crippen LogP contribution in [0.5, 0.6) is 0 Å². The molecule has 0 saturated heterocycles. The number of nitrogens with zero attached hydrogens (tertiary/aromatic N) is 1. The molecule has 0 aromatic heterocycles. The molecule has 66 valence electrons. The molecular formula is C11H12N2. The number of benzene rings is 1. The van der Waals surface area contributed by atoms with E-state index in [0.717, 1.165) is 11.3 Å². The summed E-state index contributed by atoms with van der Waals surface area (Å²) in [4.78, 5) is 0. The smallest absolute Gasteiger partial charge is 0.0905 e. The number of rotatable bonds is 1. The molecule has 0 amide bonds. The molecule has 0 saturated carbocycles. The molecule has 0 spiro atoms. The largest absolute Gasteiger partial charge is 0.399 e. The second-order valence-corrected chi connectivity index (χ2v) is 2.20. The van der Waals surface area contributed by atoms with Gasteiger partial charge in [-0.25, -0.2) is 0 Å². The molecule has 1 rings (SSSR count). The highest BCUT2D eigenvalue weighted by Gasteiger charge is 1.82. The van der Waals surface area contributed by atoms with Crippen LogP contribution < -0.4 is 5.73 Å². The predicted molar refractivity (Wildman–Crippen MR) is 56.8 cm³/mol. The van der Waals surface area contributed by atoms with Crippen LogP contribution in [0.25, 0.3) is 6.08 Å². The SMILES string of the molecule is C=CC#N.C=Cc1ccc(N)cc1. The van der Waals surface area contributed by atoms with Gasteiger partial charge >= 0.3 is 0 Å². The Hall–Kier alpha value is -2.01. The third-order valence-corrected chi connectivity index (χ3v) is 1.26. The van der Waals surface area contributed by atoms with Crippen LogP contribution >= 0.6 is 0 Å². The Morgan fingerprint density at radius 3 is 2.00 bits per heavy atom. The second-order valence-electron chi connectivity index (χ2n) is 2.20. The van der Waals surface area contributed by atoms with Gasteiger partial charge in [-0.15, -0.1) is 0 Å². The number of nitrogens with two attached hydrogens (primary N) is 1. The highest BCUT2D eigenvalue weighted by Crippen LogP contribution is 2.05. The van der Waals surface area contributed by atoms with E-state index in [1.54, 1.807) is 12.1 Å². The zero-order valence-corrected chi connectivity index (χ0v) is 7.40. The monoisotopic (exact) mass is 172 g/mol. The third kappa shape index (κ3) is 5.28. The number of allylic oxidation sites excluding steroid dienone is 1. The first-order valence-electron chi connectivity index (χ1n) is 3.73. The first kappa shape index (κ1) is 11.0. The van der Waals surface area contributed by atoms with Crippen molar-refractivity contribution in [3.63, 3.8) is 0 Å². The second kappa shape index (κ2) is 6.68. The zero-order valence-electron chi connectivity index (χ0n) is 7.40. The van der Waals surface area contributed by atoms with Crippen LogP contribution in [0.2, 0.25) is 0 Å². The first-order chi connectivity index (χ1) is 6.24. The molecule has 0 radical (unpaired) electrons. The van der Waals surface area contributed by atoms with Crippen molar-refractivity contribution in [1.82, 2.24) is 0 Å². The van der Waals surface area contributed by atoms with Crippen LogP contribution in [0.15, 0.2) is 43.5 Å². The summed E-state index contributed by atoms with van der Waals surface area (Å²) < 4.78 is 0. The molecule has 2 heteroatoms. The van der Waals surface area contributed by atoms with Crippen molar-refractivity contribution in [2.24, 2.45) is 0 Å².